The van der Waals surface area contributed by atoms with E-state index in [1.165, 1.54) is 37.0 Å². The molecule has 62 valence electrons. The molecule has 12 heavy (non-hydrogen) atoms. The maximum atomic E-state index is 12.5. The summed E-state index contributed by atoms with van der Waals surface area (Å²) in [5, 5.41) is 0. The van der Waals surface area contributed by atoms with Crippen molar-refractivity contribution in [3.05, 3.63) is 41.2 Å². The van der Waals surface area contributed by atoms with Gasteiger partial charge in [0, 0.05) is 0 Å². The predicted molar refractivity (Wildman–Crippen MR) is 48.2 cm³/mol. The van der Waals surface area contributed by atoms with Crippen LogP contribution in [0.25, 0.3) is 6.08 Å². The Balaban J connectivity index is 2.18. The quantitative estimate of drug-likeness (QED) is 0.593. The van der Waals surface area contributed by atoms with E-state index >= 15 is 0 Å². The molecule has 0 spiro atoms. The lowest BCUT2D eigenvalue weighted by Crippen LogP contribution is -1.95. The van der Waals surface area contributed by atoms with Crippen molar-refractivity contribution in [2.24, 2.45) is 0 Å². The van der Waals surface area contributed by atoms with Crippen molar-refractivity contribution in [1.82, 2.24) is 0 Å². The molecule has 1 saturated carbocycles. The first-order chi connectivity index (χ1) is 5.84. The highest BCUT2D eigenvalue weighted by Crippen LogP contribution is 2.27. The predicted octanol–water partition coefficient (Wildman–Crippen LogP) is 3.39. The van der Waals surface area contributed by atoms with Crippen LogP contribution in [0.3, 0.4) is 0 Å². The van der Waals surface area contributed by atoms with E-state index in [1.54, 1.807) is 0 Å². The van der Waals surface area contributed by atoms with Crippen LogP contribution in [0, 0.1) is 5.82 Å². The molecule has 0 radical (unpaired) electrons. The third-order valence-corrected chi connectivity index (χ3v) is 2.24. The lowest BCUT2D eigenvalue weighted by atomic mass is 9.91. The zero-order valence-electron chi connectivity index (χ0n) is 6.89. The molecule has 0 aliphatic heterocycles. The molecule has 1 aliphatic carbocycles. The minimum atomic E-state index is -0.161. The molecule has 0 atom stereocenters. The van der Waals surface area contributed by atoms with Gasteiger partial charge in [0.2, 0.25) is 0 Å². The first-order valence-electron chi connectivity index (χ1n) is 4.29. The van der Waals surface area contributed by atoms with Gasteiger partial charge in [-0.1, -0.05) is 23.8 Å². The lowest BCUT2D eigenvalue weighted by molar-refractivity contribution is 0.627. The van der Waals surface area contributed by atoms with Gasteiger partial charge in [-0.2, -0.15) is 0 Å². The van der Waals surface area contributed by atoms with E-state index in [0.29, 0.717) is 0 Å². The summed E-state index contributed by atoms with van der Waals surface area (Å²) in [6, 6.07) is 6.65. The Morgan fingerprint density at radius 2 is 1.75 bits per heavy atom. The van der Waals surface area contributed by atoms with Crippen molar-refractivity contribution in [1.29, 1.82) is 0 Å². The van der Waals surface area contributed by atoms with Crippen LogP contribution < -0.4 is 0 Å². The van der Waals surface area contributed by atoms with Gasteiger partial charge in [0.1, 0.15) is 5.82 Å². The number of hydrogen-bond donors (Lipinski definition) is 0. The summed E-state index contributed by atoms with van der Waals surface area (Å²) in [6.45, 7) is 0. The largest absolute Gasteiger partial charge is 0.207 e. The van der Waals surface area contributed by atoms with Gasteiger partial charge in [0.05, 0.1) is 0 Å². The fourth-order valence-corrected chi connectivity index (χ4v) is 1.32. The van der Waals surface area contributed by atoms with Crippen LogP contribution in [0.5, 0.6) is 0 Å². The second-order valence-corrected chi connectivity index (χ2v) is 3.21. The van der Waals surface area contributed by atoms with Crippen molar-refractivity contribution in [3.8, 4) is 0 Å². The van der Waals surface area contributed by atoms with E-state index in [0.717, 1.165) is 5.56 Å². The minimum absolute atomic E-state index is 0.161. The Labute approximate surface area is 71.7 Å². The molecular formula is C11H11F. The smallest absolute Gasteiger partial charge is 0.123 e. The first-order valence-corrected chi connectivity index (χ1v) is 4.29. The zero-order chi connectivity index (χ0) is 8.39. The van der Waals surface area contributed by atoms with Crippen molar-refractivity contribution < 1.29 is 4.39 Å². The van der Waals surface area contributed by atoms with E-state index in [-0.39, 0.29) is 5.82 Å². The first kappa shape index (κ1) is 7.53. The van der Waals surface area contributed by atoms with Crippen molar-refractivity contribution in [3.63, 3.8) is 0 Å². The summed E-state index contributed by atoms with van der Waals surface area (Å²) in [7, 11) is 0. The van der Waals surface area contributed by atoms with Gasteiger partial charge in [0.15, 0.2) is 0 Å². The average molecular weight is 162 g/mol. The van der Waals surface area contributed by atoms with Crippen molar-refractivity contribution in [2.75, 3.05) is 0 Å². The second kappa shape index (κ2) is 3.10. The fraction of sp³-hybridized carbons (Fsp3) is 0.273. The normalized spacial score (nSPS) is 15.6. The molecule has 1 aliphatic rings. The summed E-state index contributed by atoms with van der Waals surface area (Å²) in [6.07, 6.45) is 5.91. The van der Waals surface area contributed by atoms with Crippen molar-refractivity contribution in [2.45, 2.75) is 19.3 Å². The van der Waals surface area contributed by atoms with Crippen LogP contribution in [0.2, 0.25) is 0 Å². The average Bonchev–Trinajstić information content (AvgIpc) is 2.00. The van der Waals surface area contributed by atoms with Gasteiger partial charge in [0.25, 0.3) is 0 Å². The molecule has 0 aromatic heterocycles. The van der Waals surface area contributed by atoms with Gasteiger partial charge in [-0.05, 0) is 37.0 Å². The maximum absolute atomic E-state index is 12.5. The van der Waals surface area contributed by atoms with Crippen LogP contribution >= 0.6 is 0 Å². The molecule has 0 N–H and O–H groups in total. The van der Waals surface area contributed by atoms with Crippen LogP contribution in [0.4, 0.5) is 4.39 Å². The molecule has 1 aromatic carbocycles. The Morgan fingerprint density at radius 3 is 2.25 bits per heavy atom. The third-order valence-electron chi connectivity index (χ3n) is 2.24. The number of hydrogen-bond acceptors (Lipinski definition) is 0. The molecule has 1 aromatic rings. The molecule has 1 fully saturated rings. The van der Waals surface area contributed by atoms with Gasteiger partial charge in [-0.15, -0.1) is 0 Å². The van der Waals surface area contributed by atoms with Crippen LogP contribution in [0.15, 0.2) is 29.8 Å². The summed E-state index contributed by atoms with van der Waals surface area (Å²) in [4.78, 5) is 0. The SMILES string of the molecule is Fc1ccc(C=C2CCC2)cc1. The van der Waals surface area contributed by atoms with Gasteiger partial charge >= 0.3 is 0 Å². The van der Waals surface area contributed by atoms with E-state index in [2.05, 4.69) is 6.08 Å². The number of rotatable bonds is 1. The Morgan fingerprint density at radius 1 is 1.08 bits per heavy atom. The highest BCUT2D eigenvalue weighted by molar-refractivity contribution is 5.53. The van der Waals surface area contributed by atoms with E-state index < -0.39 is 0 Å². The molecule has 0 saturated heterocycles. The molecule has 0 heterocycles. The topological polar surface area (TPSA) is 0 Å². The van der Waals surface area contributed by atoms with E-state index in [4.69, 9.17) is 0 Å². The van der Waals surface area contributed by atoms with Crippen LogP contribution in [0.1, 0.15) is 24.8 Å². The summed E-state index contributed by atoms with van der Waals surface area (Å²) >= 11 is 0. The zero-order valence-corrected chi connectivity index (χ0v) is 6.89. The number of benzene rings is 1. The minimum Gasteiger partial charge on any atom is -0.207 e. The van der Waals surface area contributed by atoms with Crippen LogP contribution in [-0.4, -0.2) is 0 Å². The Kier molecular flexibility index (Phi) is 1.94. The monoisotopic (exact) mass is 162 g/mol. The van der Waals surface area contributed by atoms with E-state index in [1.807, 2.05) is 12.1 Å². The summed E-state index contributed by atoms with van der Waals surface area (Å²) in [5.74, 6) is -0.161. The molecule has 0 bridgehead atoms. The maximum Gasteiger partial charge on any atom is 0.123 e. The fourth-order valence-electron chi connectivity index (χ4n) is 1.32. The van der Waals surface area contributed by atoms with E-state index in [9.17, 15) is 4.39 Å². The highest BCUT2D eigenvalue weighted by atomic mass is 19.1. The highest BCUT2D eigenvalue weighted by Gasteiger charge is 2.07. The molecule has 1 heteroatoms. The second-order valence-electron chi connectivity index (χ2n) is 3.21. The summed E-state index contributed by atoms with van der Waals surface area (Å²) < 4.78 is 12.5. The molecular weight excluding hydrogens is 151 g/mol. The van der Waals surface area contributed by atoms with Gasteiger partial charge in [-0.3, -0.25) is 0 Å². The molecule has 0 unspecified atom stereocenters. The Hall–Kier alpha value is -1.11. The number of allylic oxidation sites excluding steroid dienone is 1. The van der Waals surface area contributed by atoms with Gasteiger partial charge in [-0.25, -0.2) is 4.39 Å². The van der Waals surface area contributed by atoms with Crippen LogP contribution in [-0.2, 0) is 0 Å². The number of halogens is 1. The summed E-state index contributed by atoms with van der Waals surface area (Å²) in [5.41, 5.74) is 2.60. The van der Waals surface area contributed by atoms with Gasteiger partial charge < -0.3 is 0 Å². The lowest BCUT2D eigenvalue weighted by Gasteiger charge is -2.15. The van der Waals surface area contributed by atoms with Crippen molar-refractivity contribution >= 4 is 6.08 Å². The standard InChI is InChI=1S/C11H11F/c12-11-6-4-10(5-7-11)8-9-2-1-3-9/h4-8H,1-3H2. The third kappa shape index (κ3) is 1.55. The Bertz CT molecular complexity index is 289. The molecule has 2 rings (SSSR count). The molecule has 0 nitrogen and oxygen atoms in total. The molecule has 0 amide bonds.